The molecule has 0 amide bonds. The van der Waals surface area contributed by atoms with Gasteiger partial charge in [-0.3, -0.25) is 0 Å². The molecule has 0 atom stereocenters. The first-order chi connectivity index (χ1) is 14.7. The van der Waals surface area contributed by atoms with E-state index >= 15 is 0 Å². The van der Waals surface area contributed by atoms with Crippen LogP contribution in [0.25, 0.3) is 38.1 Å². The molecule has 2 aromatic carbocycles. The molecule has 3 aromatic heterocycles. The van der Waals surface area contributed by atoms with E-state index in [2.05, 4.69) is 21.3 Å². The normalized spacial score (nSPS) is 11.2. The second kappa shape index (κ2) is 7.31. The maximum atomic E-state index is 5.55. The van der Waals surface area contributed by atoms with Gasteiger partial charge in [0.25, 0.3) is 5.89 Å². The number of ether oxygens (including phenoxy) is 2. The summed E-state index contributed by atoms with van der Waals surface area (Å²) in [5, 5.41) is 9.95. The molecule has 0 N–H and O–H groups in total. The van der Waals surface area contributed by atoms with E-state index in [1.54, 1.807) is 25.6 Å². The van der Waals surface area contributed by atoms with Crippen LogP contribution in [0.5, 0.6) is 11.5 Å². The number of benzene rings is 2. The summed E-state index contributed by atoms with van der Waals surface area (Å²) in [5.74, 6) is 2.06. The maximum absolute atomic E-state index is 5.55. The summed E-state index contributed by atoms with van der Waals surface area (Å²) in [5.41, 5.74) is 2.65. The highest BCUT2D eigenvalue weighted by Crippen LogP contribution is 2.39. The van der Waals surface area contributed by atoms with Crippen molar-refractivity contribution in [2.75, 3.05) is 14.2 Å². The van der Waals surface area contributed by atoms with E-state index < -0.39 is 0 Å². The molecule has 8 heteroatoms. The minimum atomic E-state index is 0.375. The molecule has 150 valence electrons. The molecule has 30 heavy (non-hydrogen) atoms. The zero-order chi connectivity index (χ0) is 20.7. The van der Waals surface area contributed by atoms with Gasteiger partial charge < -0.3 is 14.0 Å². The monoisotopic (exact) mass is 418 g/mol. The quantitative estimate of drug-likeness (QED) is 0.394. The highest BCUT2D eigenvalue weighted by molar-refractivity contribution is 7.21. The van der Waals surface area contributed by atoms with E-state index in [-0.39, 0.29) is 0 Å². The number of aryl methyl sites for hydroxylation is 1. The van der Waals surface area contributed by atoms with Crippen LogP contribution in [0.15, 0.2) is 59.1 Å². The topological polar surface area (TPSA) is 75.2 Å². The van der Waals surface area contributed by atoms with E-state index in [1.807, 2.05) is 60.1 Å². The van der Waals surface area contributed by atoms with Crippen LogP contribution in [-0.2, 0) is 0 Å². The highest BCUT2D eigenvalue weighted by Gasteiger charge is 2.20. The van der Waals surface area contributed by atoms with Crippen molar-refractivity contribution in [3.63, 3.8) is 0 Å². The molecule has 3 heterocycles. The summed E-state index contributed by atoms with van der Waals surface area (Å²) in [6.45, 7) is 2.00. The number of hydrogen-bond acceptors (Lipinski definition) is 7. The first-order valence-electron chi connectivity index (χ1n) is 9.29. The first kappa shape index (κ1) is 18.4. The van der Waals surface area contributed by atoms with Crippen molar-refractivity contribution in [1.82, 2.24) is 19.9 Å². The number of nitrogens with zero attached hydrogens (tertiary/aromatic N) is 4. The van der Waals surface area contributed by atoms with Gasteiger partial charge in [-0.2, -0.15) is 10.1 Å². The van der Waals surface area contributed by atoms with Gasteiger partial charge in [0.1, 0.15) is 4.83 Å². The Hall–Kier alpha value is -3.65. The third-order valence-electron chi connectivity index (χ3n) is 4.83. The predicted molar refractivity (Wildman–Crippen MR) is 116 cm³/mol. The van der Waals surface area contributed by atoms with Gasteiger partial charge >= 0.3 is 0 Å². The Bertz CT molecular complexity index is 1340. The molecule has 0 radical (unpaired) electrons. The molecule has 0 spiro atoms. The van der Waals surface area contributed by atoms with Crippen LogP contribution in [0.4, 0.5) is 0 Å². The van der Waals surface area contributed by atoms with Crippen molar-refractivity contribution in [3.8, 4) is 39.3 Å². The number of hydrogen-bond donors (Lipinski definition) is 0. The highest BCUT2D eigenvalue weighted by atomic mass is 32.1. The number of fused-ring (bicyclic) bond motifs is 1. The largest absolute Gasteiger partial charge is 0.493 e. The molecule has 0 aliphatic heterocycles. The molecule has 0 aliphatic rings. The molecule has 0 unspecified atom stereocenters. The van der Waals surface area contributed by atoms with E-state index in [4.69, 9.17) is 14.0 Å². The average molecular weight is 418 g/mol. The van der Waals surface area contributed by atoms with E-state index in [9.17, 15) is 0 Å². The Kier molecular flexibility index (Phi) is 4.48. The van der Waals surface area contributed by atoms with E-state index in [1.165, 1.54) is 0 Å². The van der Waals surface area contributed by atoms with Crippen LogP contribution in [0.3, 0.4) is 0 Å². The Morgan fingerprint density at radius 2 is 1.83 bits per heavy atom. The fourth-order valence-electron chi connectivity index (χ4n) is 3.39. The number of methoxy groups -OCH3 is 2. The zero-order valence-electron chi connectivity index (χ0n) is 16.6. The molecule has 0 bridgehead atoms. The molecule has 5 rings (SSSR count). The van der Waals surface area contributed by atoms with Gasteiger partial charge in [-0.25, -0.2) is 4.68 Å². The van der Waals surface area contributed by atoms with Crippen LogP contribution in [-0.4, -0.2) is 34.1 Å². The van der Waals surface area contributed by atoms with Crippen LogP contribution in [0, 0.1) is 6.92 Å². The first-order valence-corrected chi connectivity index (χ1v) is 10.1. The molecule has 0 fully saturated rings. The maximum Gasteiger partial charge on any atom is 0.262 e. The van der Waals surface area contributed by atoms with Gasteiger partial charge in [0.2, 0.25) is 5.82 Å². The van der Waals surface area contributed by atoms with Crippen molar-refractivity contribution in [2.45, 2.75) is 6.92 Å². The van der Waals surface area contributed by atoms with Crippen LogP contribution < -0.4 is 9.47 Å². The third-order valence-corrected chi connectivity index (χ3v) is 5.93. The lowest BCUT2D eigenvalue weighted by Gasteiger charge is -2.09. The molecule has 0 saturated heterocycles. The predicted octanol–water partition coefficient (Wildman–Crippen LogP) is 5.13. The lowest BCUT2D eigenvalue weighted by Crippen LogP contribution is -1.94. The lowest BCUT2D eigenvalue weighted by molar-refractivity contribution is 0.353. The van der Waals surface area contributed by atoms with E-state index in [0.717, 1.165) is 26.5 Å². The molecular weight excluding hydrogens is 400 g/mol. The molecule has 0 saturated carbocycles. The van der Waals surface area contributed by atoms with Crippen LogP contribution in [0.1, 0.15) is 5.69 Å². The average Bonchev–Trinajstić information content (AvgIpc) is 3.50. The van der Waals surface area contributed by atoms with Gasteiger partial charge in [0.15, 0.2) is 11.5 Å². The fourth-order valence-corrected chi connectivity index (χ4v) is 4.50. The number of para-hydroxylation sites is 2. The summed E-state index contributed by atoms with van der Waals surface area (Å²) in [6, 6.07) is 17.7. The van der Waals surface area contributed by atoms with Gasteiger partial charge in [-0.05, 0) is 37.3 Å². The SMILES string of the molecule is COc1cccc(-c2nc(-c3cc4c(C)nn(-c5ccccc5)c4s3)no2)c1OC. The summed E-state index contributed by atoms with van der Waals surface area (Å²) in [6.07, 6.45) is 0. The van der Waals surface area contributed by atoms with Crippen molar-refractivity contribution in [2.24, 2.45) is 0 Å². The standard InChI is InChI=1S/C22H18N4O3S/c1-13-16-12-18(30-22(16)26(24-13)14-8-5-4-6-9-14)20-23-21(29-25-20)15-10-7-11-17(27-2)19(15)28-3/h4-12H,1-3H3. The number of thiophene rings is 1. The molecule has 5 aromatic rings. The number of rotatable bonds is 5. The van der Waals surface area contributed by atoms with E-state index in [0.29, 0.717) is 28.8 Å². The third kappa shape index (κ3) is 2.93. The smallest absolute Gasteiger partial charge is 0.262 e. The Labute approximate surface area is 176 Å². The summed E-state index contributed by atoms with van der Waals surface area (Å²) < 4.78 is 18.4. The van der Waals surface area contributed by atoms with Crippen LogP contribution in [0.2, 0.25) is 0 Å². The lowest BCUT2D eigenvalue weighted by atomic mass is 10.2. The minimum Gasteiger partial charge on any atom is -0.493 e. The molecule has 7 nitrogen and oxygen atoms in total. The second-order valence-electron chi connectivity index (χ2n) is 6.63. The van der Waals surface area contributed by atoms with Crippen molar-refractivity contribution < 1.29 is 14.0 Å². The number of aromatic nitrogens is 4. The summed E-state index contributed by atoms with van der Waals surface area (Å²) in [4.78, 5) is 6.56. The Balaban J connectivity index is 1.58. The minimum absolute atomic E-state index is 0.375. The Morgan fingerprint density at radius 3 is 2.60 bits per heavy atom. The fraction of sp³-hybridized carbons (Fsp3) is 0.136. The zero-order valence-corrected chi connectivity index (χ0v) is 17.4. The van der Waals surface area contributed by atoms with Crippen molar-refractivity contribution in [3.05, 3.63) is 60.3 Å². The second-order valence-corrected chi connectivity index (χ2v) is 7.66. The van der Waals surface area contributed by atoms with Gasteiger partial charge in [0.05, 0.1) is 36.0 Å². The summed E-state index contributed by atoms with van der Waals surface area (Å²) >= 11 is 1.58. The molecule has 0 aliphatic carbocycles. The Morgan fingerprint density at radius 1 is 1.00 bits per heavy atom. The van der Waals surface area contributed by atoms with Crippen molar-refractivity contribution in [1.29, 1.82) is 0 Å². The molecular formula is C22H18N4O3S. The van der Waals surface area contributed by atoms with Gasteiger partial charge in [-0.1, -0.05) is 29.4 Å². The van der Waals surface area contributed by atoms with Gasteiger partial charge in [0, 0.05) is 5.39 Å². The van der Waals surface area contributed by atoms with Gasteiger partial charge in [-0.15, -0.1) is 11.3 Å². The van der Waals surface area contributed by atoms with Crippen molar-refractivity contribution >= 4 is 21.6 Å². The van der Waals surface area contributed by atoms with Crippen LogP contribution >= 0.6 is 11.3 Å². The summed E-state index contributed by atoms with van der Waals surface area (Å²) in [7, 11) is 3.18.